The zero-order valence-corrected chi connectivity index (χ0v) is 18.5. The van der Waals surface area contributed by atoms with Gasteiger partial charge in [0.15, 0.2) is 11.5 Å². The Bertz CT molecular complexity index is 874. The molecule has 0 bridgehead atoms. The lowest BCUT2D eigenvalue weighted by Gasteiger charge is -2.40. The molecule has 2 aromatic rings. The molecule has 1 saturated heterocycles. The van der Waals surface area contributed by atoms with Crippen LogP contribution in [-0.4, -0.2) is 68.7 Å². The smallest absolute Gasteiger partial charge is 0.227 e. The summed E-state index contributed by atoms with van der Waals surface area (Å²) >= 11 is 0. The van der Waals surface area contributed by atoms with Gasteiger partial charge in [-0.05, 0) is 43.7 Å². The Hall–Kier alpha value is -2.57. The second-order valence-corrected chi connectivity index (χ2v) is 8.49. The average Bonchev–Trinajstić information content (AvgIpc) is 2.82. The van der Waals surface area contributed by atoms with E-state index in [1.54, 1.807) is 0 Å². The highest BCUT2D eigenvalue weighted by Gasteiger charge is 2.26. The van der Waals surface area contributed by atoms with Gasteiger partial charge in [-0.1, -0.05) is 36.4 Å². The fraction of sp³-hybridized carbons (Fsp3) is 0.480. The van der Waals surface area contributed by atoms with Gasteiger partial charge in [-0.3, -0.25) is 9.69 Å². The number of amides is 1. The standard InChI is InChI=1S/C25H33N3O3/c1-19(21-9-10-23-24(17-21)31-16-15-30-23)25(29)26-11-6-12-28-14-13-27(2)18-22(28)20-7-4-3-5-8-20/h3-5,7-10,17,19,22H,6,11-16,18H2,1-2H3,(H,26,29). The fourth-order valence-electron chi connectivity index (χ4n) is 4.34. The number of carbonyl (C=O) groups excluding carboxylic acids is 1. The van der Waals surface area contributed by atoms with Gasteiger partial charge in [0, 0.05) is 38.8 Å². The van der Waals surface area contributed by atoms with Crippen molar-refractivity contribution in [3.63, 3.8) is 0 Å². The molecule has 1 N–H and O–H groups in total. The third-order valence-electron chi connectivity index (χ3n) is 6.26. The number of carbonyl (C=O) groups is 1. The fourth-order valence-corrected chi connectivity index (χ4v) is 4.34. The quantitative estimate of drug-likeness (QED) is 0.694. The van der Waals surface area contributed by atoms with Gasteiger partial charge >= 0.3 is 0 Å². The van der Waals surface area contributed by atoms with Crippen LogP contribution in [0.15, 0.2) is 48.5 Å². The van der Waals surface area contributed by atoms with Crippen molar-refractivity contribution in [3.05, 3.63) is 59.7 Å². The van der Waals surface area contributed by atoms with Crippen LogP contribution in [0.5, 0.6) is 11.5 Å². The van der Waals surface area contributed by atoms with Crippen LogP contribution in [0.2, 0.25) is 0 Å². The first-order chi connectivity index (χ1) is 15.1. The Kier molecular flexibility index (Phi) is 7.10. The van der Waals surface area contributed by atoms with Crippen molar-refractivity contribution in [2.45, 2.75) is 25.3 Å². The second kappa shape index (κ2) is 10.2. The van der Waals surface area contributed by atoms with Crippen molar-refractivity contribution >= 4 is 5.91 Å². The summed E-state index contributed by atoms with van der Waals surface area (Å²) in [5.74, 6) is 1.30. The molecule has 1 amide bonds. The van der Waals surface area contributed by atoms with E-state index in [9.17, 15) is 4.79 Å². The molecule has 4 rings (SSSR count). The van der Waals surface area contributed by atoms with E-state index >= 15 is 0 Å². The highest BCUT2D eigenvalue weighted by Crippen LogP contribution is 2.33. The van der Waals surface area contributed by atoms with Crippen molar-refractivity contribution in [2.24, 2.45) is 0 Å². The van der Waals surface area contributed by atoms with Gasteiger partial charge in [0.05, 0.1) is 5.92 Å². The summed E-state index contributed by atoms with van der Waals surface area (Å²) in [7, 11) is 2.19. The van der Waals surface area contributed by atoms with E-state index in [0.29, 0.717) is 25.8 Å². The Labute approximate surface area is 185 Å². The van der Waals surface area contributed by atoms with E-state index in [0.717, 1.165) is 49.7 Å². The van der Waals surface area contributed by atoms with Crippen molar-refractivity contribution in [3.8, 4) is 11.5 Å². The van der Waals surface area contributed by atoms with Crippen molar-refractivity contribution < 1.29 is 14.3 Å². The molecule has 2 atom stereocenters. The molecular weight excluding hydrogens is 390 g/mol. The highest BCUT2D eigenvalue weighted by molar-refractivity contribution is 5.83. The number of hydrogen-bond donors (Lipinski definition) is 1. The predicted molar refractivity (Wildman–Crippen MR) is 122 cm³/mol. The van der Waals surface area contributed by atoms with Gasteiger partial charge in [-0.2, -0.15) is 0 Å². The number of hydrogen-bond acceptors (Lipinski definition) is 5. The topological polar surface area (TPSA) is 54.0 Å². The maximum atomic E-state index is 12.7. The number of likely N-dealkylation sites (N-methyl/N-ethyl adjacent to an activating group) is 1. The van der Waals surface area contributed by atoms with E-state index in [-0.39, 0.29) is 11.8 Å². The van der Waals surface area contributed by atoms with Gasteiger partial charge in [0.2, 0.25) is 5.91 Å². The zero-order chi connectivity index (χ0) is 21.6. The Morgan fingerprint density at radius 1 is 1.10 bits per heavy atom. The lowest BCUT2D eigenvalue weighted by Crippen LogP contribution is -2.47. The lowest BCUT2D eigenvalue weighted by molar-refractivity contribution is -0.122. The van der Waals surface area contributed by atoms with Crippen LogP contribution in [0, 0.1) is 0 Å². The predicted octanol–water partition coefficient (Wildman–Crippen LogP) is 3.06. The molecular formula is C25H33N3O3. The van der Waals surface area contributed by atoms with Crippen LogP contribution < -0.4 is 14.8 Å². The summed E-state index contributed by atoms with van der Waals surface area (Å²) in [5.41, 5.74) is 2.32. The minimum atomic E-state index is -0.225. The van der Waals surface area contributed by atoms with Gasteiger partial charge in [0.1, 0.15) is 13.2 Å². The molecule has 31 heavy (non-hydrogen) atoms. The lowest BCUT2D eigenvalue weighted by atomic mass is 9.99. The molecule has 1 fully saturated rings. The summed E-state index contributed by atoms with van der Waals surface area (Å²) in [5, 5.41) is 3.12. The van der Waals surface area contributed by atoms with E-state index in [1.165, 1.54) is 5.56 Å². The maximum Gasteiger partial charge on any atom is 0.227 e. The zero-order valence-electron chi connectivity index (χ0n) is 18.5. The first-order valence-electron chi connectivity index (χ1n) is 11.3. The number of nitrogens with one attached hydrogen (secondary N) is 1. The molecule has 0 aromatic heterocycles. The number of benzene rings is 2. The molecule has 6 heteroatoms. The van der Waals surface area contributed by atoms with Crippen molar-refractivity contribution in [1.29, 1.82) is 0 Å². The molecule has 0 spiro atoms. The van der Waals surface area contributed by atoms with Crippen LogP contribution in [0.25, 0.3) is 0 Å². The minimum absolute atomic E-state index is 0.0506. The largest absolute Gasteiger partial charge is 0.486 e. The summed E-state index contributed by atoms with van der Waals surface area (Å²) in [4.78, 5) is 17.6. The molecule has 0 radical (unpaired) electrons. The van der Waals surface area contributed by atoms with Gasteiger partial charge in [0.25, 0.3) is 0 Å². The summed E-state index contributed by atoms with van der Waals surface area (Å²) < 4.78 is 11.2. The molecule has 166 valence electrons. The molecule has 0 saturated carbocycles. The molecule has 2 heterocycles. The number of fused-ring (bicyclic) bond motifs is 1. The molecule has 2 aliphatic heterocycles. The minimum Gasteiger partial charge on any atom is -0.486 e. The Balaban J connectivity index is 1.27. The van der Waals surface area contributed by atoms with Crippen molar-refractivity contribution in [2.75, 3.05) is 53.0 Å². The van der Waals surface area contributed by atoms with Crippen LogP contribution in [0.3, 0.4) is 0 Å². The first kappa shape index (κ1) is 21.7. The summed E-state index contributed by atoms with van der Waals surface area (Å²) in [6.45, 7) is 7.89. The summed E-state index contributed by atoms with van der Waals surface area (Å²) in [6, 6.07) is 16.9. The SMILES string of the molecule is CC(C(=O)NCCCN1CCN(C)CC1c1ccccc1)c1ccc2c(c1)OCCO2. The van der Waals surface area contributed by atoms with E-state index < -0.39 is 0 Å². The molecule has 2 aromatic carbocycles. The van der Waals surface area contributed by atoms with Crippen LogP contribution in [0.4, 0.5) is 0 Å². The first-order valence-corrected chi connectivity index (χ1v) is 11.3. The van der Waals surface area contributed by atoms with Crippen LogP contribution in [0.1, 0.15) is 36.4 Å². The number of ether oxygens (including phenoxy) is 2. The Morgan fingerprint density at radius 3 is 2.68 bits per heavy atom. The molecule has 2 aliphatic rings. The average molecular weight is 424 g/mol. The van der Waals surface area contributed by atoms with E-state index in [1.807, 2.05) is 25.1 Å². The van der Waals surface area contributed by atoms with Crippen LogP contribution in [-0.2, 0) is 4.79 Å². The third-order valence-corrected chi connectivity index (χ3v) is 6.26. The number of rotatable bonds is 7. The van der Waals surface area contributed by atoms with E-state index in [2.05, 4.69) is 52.5 Å². The van der Waals surface area contributed by atoms with Gasteiger partial charge in [-0.25, -0.2) is 0 Å². The monoisotopic (exact) mass is 423 g/mol. The van der Waals surface area contributed by atoms with E-state index in [4.69, 9.17) is 9.47 Å². The van der Waals surface area contributed by atoms with Crippen LogP contribution >= 0.6 is 0 Å². The second-order valence-electron chi connectivity index (χ2n) is 8.49. The van der Waals surface area contributed by atoms with Gasteiger partial charge in [-0.15, -0.1) is 0 Å². The normalized spacial score (nSPS) is 20.3. The molecule has 0 aliphatic carbocycles. The maximum absolute atomic E-state index is 12.7. The molecule has 2 unspecified atom stereocenters. The third kappa shape index (κ3) is 5.38. The van der Waals surface area contributed by atoms with Crippen molar-refractivity contribution in [1.82, 2.24) is 15.1 Å². The number of piperazine rings is 1. The Morgan fingerprint density at radius 2 is 1.87 bits per heavy atom. The highest BCUT2D eigenvalue weighted by atomic mass is 16.6. The molecule has 6 nitrogen and oxygen atoms in total. The summed E-state index contributed by atoms with van der Waals surface area (Å²) in [6.07, 6.45) is 0.937. The van der Waals surface area contributed by atoms with Gasteiger partial charge < -0.3 is 19.7 Å². The number of nitrogens with zero attached hydrogens (tertiary/aromatic N) is 2.